The van der Waals surface area contributed by atoms with Crippen LogP contribution in [-0.4, -0.2) is 27.8 Å². The van der Waals surface area contributed by atoms with E-state index >= 15 is 0 Å². The Balaban J connectivity index is 2.72. The van der Waals surface area contributed by atoms with Gasteiger partial charge in [0, 0.05) is 34.9 Å². The lowest BCUT2D eigenvalue weighted by atomic mass is 10.2. The molecule has 1 atom stereocenters. The minimum atomic E-state index is -0.905. The van der Waals surface area contributed by atoms with Crippen LogP contribution in [0.25, 0.3) is 0 Å². The third-order valence-corrected chi connectivity index (χ3v) is 3.34. The van der Waals surface area contributed by atoms with E-state index in [1.165, 1.54) is 0 Å². The van der Waals surface area contributed by atoms with Crippen LogP contribution in [0.1, 0.15) is 12.0 Å². The summed E-state index contributed by atoms with van der Waals surface area (Å²) in [5.74, 6) is -0.993. The summed E-state index contributed by atoms with van der Waals surface area (Å²) in [5, 5.41) is 2.63. The third kappa shape index (κ3) is 4.30. The Labute approximate surface area is 112 Å². The lowest BCUT2D eigenvalue weighted by Gasteiger charge is -2.10. The quantitative estimate of drug-likeness (QED) is 0.620. The van der Waals surface area contributed by atoms with E-state index < -0.39 is 22.4 Å². The van der Waals surface area contributed by atoms with E-state index in [-0.39, 0.29) is 16.2 Å². The van der Waals surface area contributed by atoms with Crippen molar-refractivity contribution in [1.29, 1.82) is 0 Å². The predicted molar refractivity (Wildman–Crippen MR) is 74.3 cm³/mol. The Morgan fingerprint density at radius 3 is 2.44 bits per heavy atom. The highest BCUT2D eigenvalue weighted by Crippen LogP contribution is 2.20. The van der Waals surface area contributed by atoms with Crippen molar-refractivity contribution >= 4 is 33.7 Å². The maximum atomic E-state index is 13.6. The molecule has 0 aliphatic rings. The molecular formula is C11H14F2N2OS2. The van der Waals surface area contributed by atoms with Gasteiger partial charge in [0.05, 0.1) is 0 Å². The van der Waals surface area contributed by atoms with Crippen LogP contribution in [0.4, 0.5) is 14.5 Å². The van der Waals surface area contributed by atoms with E-state index in [1.807, 2.05) is 0 Å². The van der Waals surface area contributed by atoms with Crippen molar-refractivity contribution in [2.24, 2.45) is 5.73 Å². The predicted octanol–water partition coefficient (Wildman–Crippen LogP) is 1.78. The molecule has 1 aromatic rings. The Morgan fingerprint density at radius 1 is 1.44 bits per heavy atom. The first kappa shape index (κ1) is 15.0. The van der Waals surface area contributed by atoms with Gasteiger partial charge in [-0.2, -0.15) is 0 Å². The first-order valence-electron chi connectivity index (χ1n) is 5.24. The smallest absolute Gasteiger partial charge is 0.150 e. The average Bonchev–Trinajstić information content (AvgIpc) is 2.26. The van der Waals surface area contributed by atoms with Crippen molar-refractivity contribution in [3.05, 3.63) is 29.3 Å². The van der Waals surface area contributed by atoms with E-state index in [2.05, 4.69) is 17.5 Å². The number of benzene rings is 1. The van der Waals surface area contributed by atoms with Crippen molar-refractivity contribution in [2.75, 3.05) is 23.9 Å². The lowest BCUT2D eigenvalue weighted by Crippen LogP contribution is -2.13. The molecule has 0 fully saturated rings. The molecule has 0 bridgehead atoms. The zero-order valence-electron chi connectivity index (χ0n) is 9.83. The van der Waals surface area contributed by atoms with Crippen molar-refractivity contribution in [2.45, 2.75) is 6.42 Å². The molecule has 0 saturated carbocycles. The highest BCUT2D eigenvalue weighted by Gasteiger charge is 2.11. The number of hydrogen-bond acceptors (Lipinski definition) is 3. The van der Waals surface area contributed by atoms with Gasteiger partial charge in [-0.25, -0.2) is 8.78 Å². The maximum Gasteiger partial charge on any atom is 0.150 e. The fourth-order valence-corrected chi connectivity index (χ4v) is 2.04. The number of nitrogens with two attached hydrogens (primary N) is 1. The second kappa shape index (κ2) is 6.75. The Kier molecular flexibility index (Phi) is 5.61. The summed E-state index contributed by atoms with van der Waals surface area (Å²) in [4.78, 5) is -0.0549. The molecule has 0 aromatic heterocycles. The second-order valence-corrected chi connectivity index (χ2v) is 5.73. The molecule has 0 spiro atoms. The monoisotopic (exact) mass is 292 g/mol. The molecule has 1 aromatic carbocycles. The minimum absolute atomic E-state index is 0.0549. The molecule has 0 aliphatic carbocycles. The molecule has 0 amide bonds. The van der Waals surface area contributed by atoms with Gasteiger partial charge in [0.1, 0.15) is 22.3 Å². The van der Waals surface area contributed by atoms with Crippen LogP contribution in [0.3, 0.4) is 0 Å². The normalized spacial score (nSPS) is 12.2. The van der Waals surface area contributed by atoms with Crippen LogP contribution in [-0.2, 0) is 10.8 Å². The van der Waals surface area contributed by atoms with Crippen LogP contribution in [0.2, 0.25) is 0 Å². The summed E-state index contributed by atoms with van der Waals surface area (Å²) in [6, 6.07) is 2.18. The zero-order valence-corrected chi connectivity index (χ0v) is 11.5. The molecular weight excluding hydrogens is 278 g/mol. The highest BCUT2D eigenvalue weighted by atomic mass is 32.2. The standard InChI is InChI=1S/C11H14F2N2OS2/c1-18(16)4-2-3-15-10-8(12)5-7(11(14)17)6-9(10)13/h5-6,15H,2-4H2,1H3,(H2,14,17). The number of nitrogens with one attached hydrogen (secondary N) is 1. The van der Waals surface area contributed by atoms with Crippen molar-refractivity contribution in [3.8, 4) is 0 Å². The number of thiocarbonyl (C=S) groups is 1. The second-order valence-electron chi connectivity index (χ2n) is 3.74. The minimum Gasteiger partial charge on any atom is -0.389 e. The summed E-state index contributed by atoms with van der Waals surface area (Å²) < 4.78 is 38.0. The van der Waals surface area contributed by atoms with Gasteiger partial charge in [-0.05, 0) is 18.6 Å². The van der Waals surface area contributed by atoms with Gasteiger partial charge >= 0.3 is 0 Å². The van der Waals surface area contributed by atoms with E-state index in [0.29, 0.717) is 18.7 Å². The number of anilines is 1. The third-order valence-electron chi connectivity index (χ3n) is 2.24. The van der Waals surface area contributed by atoms with Crippen LogP contribution in [0.15, 0.2) is 12.1 Å². The first-order chi connectivity index (χ1) is 8.41. The molecule has 7 heteroatoms. The van der Waals surface area contributed by atoms with Gasteiger partial charge in [-0.3, -0.25) is 4.21 Å². The van der Waals surface area contributed by atoms with E-state index in [9.17, 15) is 13.0 Å². The van der Waals surface area contributed by atoms with Crippen molar-refractivity contribution in [3.63, 3.8) is 0 Å². The Bertz CT molecular complexity index is 457. The molecule has 0 heterocycles. The van der Waals surface area contributed by atoms with Gasteiger partial charge in [0.15, 0.2) is 0 Å². The fourth-order valence-electron chi connectivity index (χ4n) is 1.37. The molecule has 0 aliphatic heterocycles. The molecule has 18 heavy (non-hydrogen) atoms. The molecule has 3 nitrogen and oxygen atoms in total. The van der Waals surface area contributed by atoms with E-state index in [0.717, 1.165) is 12.1 Å². The molecule has 100 valence electrons. The largest absolute Gasteiger partial charge is 0.389 e. The summed E-state index contributed by atoms with van der Waals surface area (Å²) in [6.45, 7) is 0.347. The van der Waals surface area contributed by atoms with Gasteiger partial charge in [-0.1, -0.05) is 12.2 Å². The topological polar surface area (TPSA) is 55.1 Å². The Morgan fingerprint density at radius 2 is 2.00 bits per heavy atom. The van der Waals surface area contributed by atoms with Crippen LogP contribution in [0.5, 0.6) is 0 Å². The van der Waals surface area contributed by atoms with Crippen LogP contribution < -0.4 is 11.1 Å². The summed E-state index contributed by atoms with van der Waals surface area (Å²) in [6.07, 6.45) is 2.15. The summed E-state index contributed by atoms with van der Waals surface area (Å²) >= 11 is 4.65. The number of halogens is 2. The van der Waals surface area contributed by atoms with Gasteiger partial charge in [-0.15, -0.1) is 0 Å². The first-order valence-corrected chi connectivity index (χ1v) is 7.38. The molecule has 1 rings (SSSR count). The summed E-state index contributed by atoms with van der Waals surface area (Å²) in [7, 11) is -0.905. The number of rotatable bonds is 6. The highest BCUT2D eigenvalue weighted by molar-refractivity contribution is 7.84. The van der Waals surface area contributed by atoms with Crippen molar-refractivity contribution in [1.82, 2.24) is 0 Å². The average molecular weight is 292 g/mol. The SMILES string of the molecule is CS(=O)CCCNc1c(F)cc(C(N)=S)cc1F. The Hall–Kier alpha value is -1.08. The molecule has 3 N–H and O–H groups in total. The summed E-state index contributed by atoms with van der Waals surface area (Å²) in [5.41, 5.74) is 5.24. The van der Waals surface area contributed by atoms with Crippen LogP contribution >= 0.6 is 12.2 Å². The van der Waals surface area contributed by atoms with E-state index in [1.54, 1.807) is 6.26 Å². The van der Waals surface area contributed by atoms with Gasteiger partial charge < -0.3 is 11.1 Å². The number of hydrogen-bond donors (Lipinski definition) is 2. The zero-order chi connectivity index (χ0) is 13.7. The van der Waals surface area contributed by atoms with Crippen molar-refractivity contribution < 1.29 is 13.0 Å². The van der Waals surface area contributed by atoms with E-state index in [4.69, 9.17) is 5.73 Å². The van der Waals surface area contributed by atoms with Gasteiger partial charge in [0.25, 0.3) is 0 Å². The van der Waals surface area contributed by atoms with Crippen LogP contribution in [0, 0.1) is 11.6 Å². The van der Waals surface area contributed by atoms with Gasteiger partial charge in [0.2, 0.25) is 0 Å². The molecule has 0 radical (unpaired) electrons. The maximum absolute atomic E-state index is 13.6. The molecule has 1 unspecified atom stereocenters. The lowest BCUT2D eigenvalue weighted by molar-refractivity contribution is 0.587. The molecule has 0 saturated heterocycles. The fraction of sp³-hybridized carbons (Fsp3) is 0.364.